The van der Waals surface area contributed by atoms with Gasteiger partial charge in [-0.2, -0.15) is 4.98 Å². The molecule has 0 spiro atoms. The molecule has 0 saturated carbocycles. The van der Waals surface area contributed by atoms with Crippen LogP contribution in [0.2, 0.25) is 0 Å². The molecule has 0 aliphatic carbocycles. The van der Waals surface area contributed by atoms with E-state index in [9.17, 15) is 23.7 Å². The predicted molar refractivity (Wildman–Crippen MR) is 298 cm³/mol. The first kappa shape index (κ1) is 53.0. The Balaban J connectivity index is 0.778. The minimum absolute atomic E-state index is 0.0489. The lowest BCUT2D eigenvalue weighted by Crippen LogP contribution is -2.56. The molecule has 2 atom stereocenters. The normalized spacial score (nSPS) is 19.7. The first-order valence-electron chi connectivity index (χ1n) is 26.4. The number of anilines is 6. The minimum atomic E-state index is -2.77. The van der Waals surface area contributed by atoms with Crippen LogP contribution in [0.15, 0.2) is 68.4 Å². The third-order valence-corrected chi connectivity index (χ3v) is 17.8. The molecule has 4 saturated heterocycles. The molecule has 18 nitrogen and oxygen atoms in total. The molecule has 7 heterocycles. The van der Waals surface area contributed by atoms with Gasteiger partial charge in [0.25, 0.3) is 0 Å². The van der Waals surface area contributed by atoms with Crippen molar-refractivity contribution in [3.63, 3.8) is 0 Å². The van der Waals surface area contributed by atoms with Crippen LogP contribution in [0.25, 0.3) is 22.0 Å². The molecule has 402 valence electrons. The minimum Gasteiger partial charge on any atom is -0.492 e. The number of amides is 3. The Kier molecular flexibility index (Phi) is 14.8. The van der Waals surface area contributed by atoms with Gasteiger partial charge in [0.05, 0.1) is 45.1 Å². The van der Waals surface area contributed by atoms with Crippen molar-refractivity contribution in [3.05, 3.63) is 86.8 Å². The zero-order chi connectivity index (χ0) is 53.8. The number of pyridine rings is 1. The fourth-order valence-electron chi connectivity index (χ4n) is 11.7. The number of fused-ring (bicyclic) bond motifs is 2. The summed E-state index contributed by atoms with van der Waals surface area (Å²) < 4.78 is 42.9. The van der Waals surface area contributed by atoms with Gasteiger partial charge in [0.2, 0.25) is 23.7 Å². The summed E-state index contributed by atoms with van der Waals surface area (Å²) in [6.07, 6.45) is 5.38. The average molecular weight is 1120 g/mol. The van der Waals surface area contributed by atoms with E-state index < -0.39 is 47.9 Å². The largest absolute Gasteiger partial charge is 0.492 e. The van der Waals surface area contributed by atoms with E-state index in [1.807, 2.05) is 54.8 Å². The maximum Gasteiger partial charge on any atom is 0.420 e. The number of hydrogen-bond acceptors (Lipinski definition) is 15. The molecular weight excluding hydrogens is 1060 g/mol. The van der Waals surface area contributed by atoms with Gasteiger partial charge in [-0.1, -0.05) is 33.8 Å². The quantitative estimate of drug-likeness (QED) is 0.0694. The number of piperazine rings is 1. The molecule has 10 rings (SSSR count). The molecule has 4 aliphatic heterocycles. The summed E-state index contributed by atoms with van der Waals surface area (Å²) in [6, 6.07) is 14.0. The number of hydrogen-bond donors (Lipinski definition) is 3. The van der Waals surface area contributed by atoms with Crippen molar-refractivity contribution in [2.75, 3.05) is 92.7 Å². The van der Waals surface area contributed by atoms with Crippen LogP contribution in [0.5, 0.6) is 5.75 Å². The van der Waals surface area contributed by atoms with Crippen LogP contribution >= 0.6 is 23.1 Å². The van der Waals surface area contributed by atoms with Gasteiger partial charge in [0.15, 0.2) is 5.58 Å². The Morgan fingerprint density at radius 2 is 1.67 bits per heavy atom. The topological polar surface area (TPSA) is 200 Å². The fourth-order valence-corrected chi connectivity index (χ4v) is 13.5. The first-order chi connectivity index (χ1) is 36.3. The number of rotatable bonds is 14. The van der Waals surface area contributed by atoms with E-state index in [4.69, 9.17) is 19.1 Å². The van der Waals surface area contributed by atoms with E-state index >= 15 is 4.39 Å². The van der Waals surface area contributed by atoms with Crippen molar-refractivity contribution in [1.29, 1.82) is 0 Å². The number of aryl methyl sites for hydroxylation is 2. The number of imide groups is 1. The van der Waals surface area contributed by atoms with Gasteiger partial charge in [-0.25, -0.2) is 14.2 Å². The predicted octanol–water partition coefficient (Wildman–Crippen LogP) is 8.35. The van der Waals surface area contributed by atoms with Gasteiger partial charge >= 0.3 is 5.76 Å². The molecule has 4 fully saturated rings. The summed E-state index contributed by atoms with van der Waals surface area (Å²) in [5.41, 5.74) is 5.68. The number of oxazole rings is 1. The summed E-state index contributed by atoms with van der Waals surface area (Å²) >= 11 is 3.64. The number of benzene rings is 3. The van der Waals surface area contributed by atoms with Gasteiger partial charge in [-0.15, -0.1) is 0 Å². The Morgan fingerprint density at radius 1 is 0.908 bits per heavy atom. The monoisotopic (exact) mass is 1120 g/mol. The van der Waals surface area contributed by atoms with Gasteiger partial charge in [-0.3, -0.25) is 34.2 Å². The number of carbonyl (C=O) groups excluding carboxylic acids is 3. The smallest absolute Gasteiger partial charge is 0.420 e. The summed E-state index contributed by atoms with van der Waals surface area (Å²) in [5.74, 6) is -1.23. The molecule has 0 bridgehead atoms. The molecule has 21 heteroatoms. The molecular formula is C55H66BrFN11O7P. The lowest BCUT2D eigenvalue weighted by molar-refractivity contribution is -0.140. The summed E-state index contributed by atoms with van der Waals surface area (Å²) in [5, 5.41) is 10.7. The van der Waals surface area contributed by atoms with Gasteiger partial charge in [-0.05, 0) is 104 Å². The van der Waals surface area contributed by atoms with Gasteiger partial charge in [0.1, 0.15) is 30.6 Å². The lowest BCUT2D eigenvalue weighted by Gasteiger charge is -2.44. The number of piperidine rings is 2. The van der Waals surface area contributed by atoms with Gasteiger partial charge in [0, 0.05) is 111 Å². The third kappa shape index (κ3) is 10.4. The summed E-state index contributed by atoms with van der Waals surface area (Å²) in [4.78, 5) is 75.3. The Labute approximate surface area is 449 Å². The van der Waals surface area contributed by atoms with E-state index in [-0.39, 0.29) is 29.8 Å². The molecule has 3 N–H and O–H groups in total. The highest BCUT2D eigenvalue weighted by molar-refractivity contribution is 9.10. The highest BCUT2D eigenvalue weighted by Gasteiger charge is 2.47. The van der Waals surface area contributed by atoms with Crippen LogP contribution in [-0.2, 0) is 31.8 Å². The van der Waals surface area contributed by atoms with E-state index in [2.05, 4.69) is 72.6 Å². The Hall–Kier alpha value is -6.37. The van der Waals surface area contributed by atoms with Crippen molar-refractivity contribution in [1.82, 2.24) is 34.6 Å². The zero-order valence-corrected chi connectivity index (χ0v) is 46.7. The molecule has 3 aromatic carbocycles. The molecule has 0 radical (unpaired) electrons. The molecule has 6 aromatic rings. The zero-order valence-electron chi connectivity index (χ0n) is 44.2. The van der Waals surface area contributed by atoms with Crippen LogP contribution in [0.4, 0.5) is 38.9 Å². The van der Waals surface area contributed by atoms with Crippen LogP contribution < -0.4 is 41.5 Å². The fraction of sp³-hybridized carbons (Fsp3) is 0.473. The van der Waals surface area contributed by atoms with Crippen molar-refractivity contribution < 1.29 is 32.5 Å². The third-order valence-electron chi connectivity index (χ3n) is 15.6. The maximum absolute atomic E-state index is 15.4. The molecule has 1 unspecified atom stereocenters. The number of halogens is 2. The Bertz CT molecular complexity index is 3360. The van der Waals surface area contributed by atoms with E-state index in [0.717, 1.165) is 89.7 Å². The molecule has 3 aromatic heterocycles. The number of aromatic nitrogens is 4. The van der Waals surface area contributed by atoms with Crippen LogP contribution in [0.3, 0.4) is 0 Å². The molecule has 3 amide bonds. The Morgan fingerprint density at radius 3 is 2.37 bits per heavy atom. The van der Waals surface area contributed by atoms with Crippen LogP contribution in [0, 0.1) is 17.2 Å². The SMILES string of the molecule is CCOc1cc(N2CCC(N3CCN(C(=O)[C@H]4CN(c5cc(F)cc6c5oc(=O)n6C5CCC(=O)NC5=O)CC4(C)C)CC3)CC2)c(CC)cc1Nc1ncc(Br)c(Nc2ccc3nc(CC)ccc3c2P(C)(C)=O)n1. The molecule has 4 aliphatic rings. The summed E-state index contributed by atoms with van der Waals surface area (Å²) in [7, 11) is -2.77. The van der Waals surface area contributed by atoms with Crippen molar-refractivity contribution in [2.45, 2.75) is 85.2 Å². The molecule has 76 heavy (non-hydrogen) atoms. The number of nitrogens with one attached hydrogen (secondary N) is 3. The second kappa shape index (κ2) is 21.2. The first-order valence-corrected chi connectivity index (χ1v) is 29.8. The van der Waals surface area contributed by atoms with Crippen molar-refractivity contribution in [2.24, 2.45) is 11.3 Å². The van der Waals surface area contributed by atoms with Crippen molar-refractivity contribution >= 4 is 103 Å². The van der Waals surface area contributed by atoms with E-state index in [1.165, 1.54) is 17.7 Å². The van der Waals surface area contributed by atoms with Gasteiger partial charge < -0.3 is 39.1 Å². The van der Waals surface area contributed by atoms with Crippen LogP contribution in [0.1, 0.15) is 77.6 Å². The number of nitrogens with zero attached hydrogens (tertiary/aromatic N) is 8. The average Bonchev–Trinajstić information content (AvgIpc) is 3.90. The van der Waals surface area contributed by atoms with E-state index in [1.54, 1.807) is 19.5 Å². The second-order valence-corrected chi connectivity index (χ2v) is 25.4. The summed E-state index contributed by atoms with van der Waals surface area (Å²) in [6.45, 7) is 19.5. The lowest BCUT2D eigenvalue weighted by atomic mass is 9.81. The standard InChI is InChI=1S/C55H66BrFN11O7P/c1-8-32-25-41(61-53-58-29-38(56)50(63-53)60-40-14-13-39-36(49(40)76(6,7)73)12-11-34(9-2)59-39)46(74-10-3)28-43(32)65-19-17-35(18-20-65)64-21-23-66(24-22-64)52(71)37-30-67(31-55(37,4)5)44-26-33(57)27-45-48(44)75-54(72)68(45)42-15-16-47(69)62-51(42)70/h11-14,25-29,35,37,42H,8-10,15-24,30-31H2,1-7H3,(H,62,69,70)(H2,58,60,61,63)/t37-,42?/m1/s1. The maximum atomic E-state index is 15.4. The number of carbonyl (C=O) groups is 3. The van der Waals surface area contributed by atoms with E-state index in [0.29, 0.717) is 72.2 Å². The number of ether oxygens (including phenoxy) is 1. The van der Waals surface area contributed by atoms with Crippen LogP contribution in [-0.4, -0.2) is 125 Å². The highest BCUT2D eigenvalue weighted by Crippen LogP contribution is 2.44. The highest BCUT2D eigenvalue weighted by atomic mass is 79.9. The van der Waals surface area contributed by atoms with Crippen molar-refractivity contribution in [3.8, 4) is 5.75 Å². The second-order valence-electron chi connectivity index (χ2n) is 21.4.